The third kappa shape index (κ3) is 5.52. The highest BCUT2D eigenvalue weighted by molar-refractivity contribution is 7.92. The Morgan fingerprint density at radius 2 is 1.70 bits per heavy atom. The number of halogens is 3. The average molecular weight is 550 g/mol. The molecule has 1 saturated heterocycles. The van der Waals surface area contributed by atoms with Crippen LogP contribution >= 0.6 is 11.6 Å². The fourth-order valence-corrected chi connectivity index (χ4v) is 5.08. The second-order valence-corrected chi connectivity index (χ2v) is 10.5. The largest absolute Gasteiger partial charge is 0.414 e. The highest BCUT2D eigenvalue weighted by Crippen LogP contribution is 2.37. The summed E-state index contributed by atoms with van der Waals surface area (Å²) in [6.07, 6.45) is -0.127. The number of nitrogens with zero attached hydrogens (tertiary/aromatic N) is 2. The van der Waals surface area contributed by atoms with Crippen LogP contribution in [0.1, 0.15) is 16.8 Å². The van der Waals surface area contributed by atoms with E-state index in [9.17, 15) is 26.8 Å². The number of hydrogen-bond acceptors (Lipinski definition) is 5. The van der Waals surface area contributed by atoms with E-state index >= 15 is 0 Å². The number of nitrogens with one attached hydrogen (secondary N) is 1. The summed E-state index contributed by atoms with van der Waals surface area (Å²) in [5.41, 5.74) is -0.259. The third-order valence-corrected chi connectivity index (χ3v) is 7.28. The van der Waals surface area contributed by atoms with Gasteiger partial charge in [0.2, 0.25) is 0 Å². The van der Waals surface area contributed by atoms with Crippen LogP contribution in [0.4, 0.5) is 19.3 Å². The molecule has 12 heteroatoms. The molecule has 0 atom stereocenters. The lowest BCUT2D eigenvalue weighted by Crippen LogP contribution is -2.42. The first-order chi connectivity index (χ1) is 17.5. The van der Waals surface area contributed by atoms with Gasteiger partial charge in [-0.25, -0.2) is 22.0 Å². The fraction of sp³-hybridized carbons (Fsp3) is 0.200. The predicted octanol–water partition coefficient (Wildman–Crippen LogP) is 4.99. The molecule has 194 valence electrons. The lowest BCUT2D eigenvalue weighted by atomic mass is 10.0. The lowest BCUT2D eigenvalue weighted by Gasteiger charge is -2.31. The van der Waals surface area contributed by atoms with Crippen molar-refractivity contribution in [3.8, 4) is 16.9 Å². The molecule has 1 heterocycles. The highest BCUT2D eigenvalue weighted by atomic mass is 35.5. The molecule has 2 amide bonds. The van der Waals surface area contributed by atoms with Crippen LogP contribution in [0, 0.1) is 11.6 Å². The Balaban J connectivity index is 1.80. The number of likely N-dealkylation sites (tertiary alicyclic amines) is 1. The maximum Gasteiger partial charge on any atom is 0.414 e. The van der Waals surface area contributed by atoms with E-state index in [1.54, 1.807) is 30.3 Å². The fourth-order valence-electron chi connectivity index (χ4n) is 3.54. The van der Waals surface area contributed by atoms with Crippen LogP contribution in [0.15, 0.2) is 59.5 Å². The Bertz CT molecular complexity index is 1480. The Morgan fingerprint density at radius 1 is 1.03 bits per heavy atom. The minimum atomic E-state index is -4.71. The van der Waals surface area contributed by atoms with Gasteiger partial charge in [0.15, 0.2) is 5.75 Å². The molecule has 0 saturated carbocycles. The van der Waals surface area contributed by atoms with E-state index in [4.69, 9.17) is 16.3 Å². The first-order valence-corrected chi connectivity index (χ1v) is 12.9. The van der Waals surface area contributed by atoms with Crippen LogP contribution in [-0.2, 0) is 10.0 Å². The van der Waals surface area contributed by atoms with Crippen molar-refractivity contribution in [1.82, 2.24) is 9.80 Å². The van der Waals surface area contributed by atoms with E-state index < -0.39 is 50.0 Å². The van der Waals surface area contributed by atoms with Gasteiger partial charge < -0.3 is 14.5 Å². The standard InChI is InChI=1S/C25H22ClF2N3O5S/c1-30(2)25(33)36-23-18(26)11-16(24(32)31-9-6-10-31)12-22(23)37(34,35)29-21-13-17(19(27)14-20(21)28)15-7-4-3-5-8-15/h3-5,7-8,11-14,29H,6,9-10H2,1-2H3. The first kappa shape index (κ1) is 26.4. The lowest BCUT2D eigenvalue weighted by molar-refractivity contribution is 0.0651. The van der Waals surface area contributed by atoms with Gasteiger partial charge in [-0.3, -0.25) is 9.52 Å². The summed E-state index contributed by atoms with van der Waals surface area (Å²) in [7, 11) is -1.95. The summed E-state index contributed by atoms with van der Waals surface area (Å²) in [4.78, 5) is 26.9. The van der Waals surface area contributed by atoms with Crippen LogP contribution in [0.2, 0.25) is 5.02 Å². The number of ether oxygens (including phenoxy) is 1. The van der Waals surface area contributed by atoms with E-state index in [-0.39, 0.29) is 16.1 Å². The van der Waals surface area contributed by atoms with Crippen molar-refractivity contribution in [3.63, 3.8) is 0 Å². The minimum Gasteiger partial charge on any atom is -0.407 e. The molecule has 0 aliphatic carbocycles. The van der Waals surface area contributed by atoms with E-state index in [0.717, 1.165) is 23.5 Å². The molecule has 0 radical (unpaired) electrons. The van der Waals surface area contributed by atoms with Gasteiger partial charge in [-0.05, 0) is 30.2 Å². The molecule has 4 rings (SSSR count). The summed E-state index contributed by atoms with van der Waals surface area (Å²) in [5.74, 6) is -3.07. The maximum absolute atomic E-state index is 14.7. The number of hydrogen-bond donors (Lipinski definition) is 1. The smallest absolute Gasteiger partial charge is 0.407 e. The summed E-state index contributed by atoms with van der Waals surface area (Å²) in [5, 5.41) is -0.313. The molecule has 0 aromatic heterocycles. The van der Waals surface area contributed by atoms with Gasteiger partial charge in [-0.1, -0.05) is 41.9 Å². The molecule has 0 spiro atoms. The van der Waals surface area contributed by atoms with E-state index in [1.165, 1.54) is 25.1 Å². The molecular formula is C25H22ClF2N3O5S. The van der Waals surface area contributed by atoms with Gasteiger partial charge in [-0.15, -0.1) is 0 Å². The molecule has 3 aromatic rings. The van der Waals surface area contributed by atoms with Crippen LogP contribution in [0.5, 0.6) is 5.75 Å². The molecule has 3 aromatic carbocycles. The van der Waals surface area contributed by atoms with E-state index in [1.807, 2.05) is 0 Å². The van der Waals surface area contributed by atoms with Crippen LogP contribution < -0.4 is 9.46 Å². The van der Waals surface area contributed by atoms with Crippen molar-refractivity contribution < 1.29 is 31.5 Å². The maximum atomic E-state index is 14.7. The second-order valence-electron chi connectivity index (χ2n) is 8.48. The Morgan fingerprint density at radius 3 is 2.30 bits per heavy atom. The Kier molecular flexibility index (Phi) is 7.37. The Hall–Kier alpha value is -3.70. The molecule has 8 nitrogen and oxygen atoms in total. The zero-order chi connectivity index (χ0) is 26.9. The van der Waals surface area contributed by atoms with Crippen LogP contribution in [-0.4, -0.2) is 57.4 Å². The summed E-state index contributed by atoms with van der Waals surface area (Å²) >= 11 is 6.28. The SMILES string of the molecule is CN(C)C(=O)Oc1c(Cl)cc(C(=O)N2CCC2)cc1S(=O)(=O)Nc1cc(-c2ccccc2)c(F)cc1F. The number of carbonyl (C=O) groups excluding carboxylic acids is 2. The minimum absolute atomic E-state index is 0.0429. The molecule has 1 aliphatic heterocycles. The van der Waals surface area contributed by atoms with Crippen molar-refractivity contribution in [3.05, 3.63) is 76.8 Å². The molecule has 1 N–H and O–H groups in total. The predicted molar refractivity (Wildman–Crippen MR) is 134 cm³/mol. The summed E-state index contributed by atoms with van der Waals surface area (Å²) in [6.45, 7) is 0.994. The number of rotatable bonds is 6. The van der Waals surface area contributed by atoms with Crippen molar-refractivity contribution >= 4 is 39.3 Å². The number of carbonyl (C=O) groups is 2. The molecule has 1 fully saturated rings. The highest BCUT2D eigenvalue weighted by Gasteiger charge is 2.30. The first-order valence-electron chi connectivity index (χ1n) is 11.1. The van der Waals surface area contributed by atoms with E-state index in [2.05, 4.69) is 4.72 Å². The monoisotopic (exact) mass is 549 g/mol. The van der Waals surface area contributed by atoms with Crippen LogP contribution in [0.25, 0.3) is 11.1 Å². The zero-order valence-corrected chi connectivity index (χ0v) is 21.4. The van der Waals surface area contributed by atoms with Gasteiger partial charge in [0.05, 0.1) is 10.7 Å². The molecular weight excluding hydrogens is 528 g/mol. The van der Waals surface area contributed by atoms with Crippen LogP contribution in [0.3, 0.4) is 0 Å². The van der Waals surface area contributed by atoms with Crippen molar-refractivity contribution in [1.29, 1.82) is 0 Å². The number of amides is 2. The van der Waals surface area contributed by atoms with Crippen molar-refractivity contribution in [2.45, 2.75) is 11.3 Å². The molecule has 0 bridgehead atoms. The molecule has 37 heavy (non-hydrogen) atoms. The topological polar surface area (TPSA) is 96.0 Å². The molecule has 1 aliphatic rings. The number of benzene rings is 3. The zero-order valence-electron chi connectivity index (χ0n) is 19.8. The Labute approximate surface area is 217 Å². The number of anilines is 1. The van der Waals surface area contributed by atoms with Gasteiger partial charge in [0.1, 0.15) is 16.5 Å². The van der Waals surface area contributed by atoms with Crippen molar-refractivity contribution in [2.75, 3.05) is 31.9 Å². The number of sulfonamides is 1. The third-order valence-electron chi connectivity index (χ3n) is 5.63. The average Bonchev–Trinajstić information content (AvgIpc) is 2.81. The summed E-state index contributed by atoms with van der Waals surface area (Å²) < 4.78 is 63.5. The van der Waals surface area contributed by atoms with Crippen molar-refractivity contribution in [2.24, 2.45) is 0 Å². The molecule has 0 unspecified atom stereocenters. The van der Waals surface area contributed by atoms with Gasteiger partial charge in [0.25, 0.3) is 15.9 Å². The van der Waals surface area contributed by atoms with Gasteiger partial charge in [-0.2, -0.15) is 0 Å². The van der Waals surface area contributed by atoms with Gasteiger partial charge in [0, 0.05) is 44.4 Å². The summed E-state index contributed by atoms with van der Waals surface area (Å²) in [6, 6.07) is 12.0. The van der Waals surface area contributed by atoms with Gasteiger partial charge >= 0.3 is 6.09 Å². The van der Waals surface area contributed by atoms with E-state index in [0.29, 0.717) is 24.7 Å². The normalized spacial score (nSPS) is 13.1. The second kappa shape index (κ2) is 10.3. The quantitative estimate of drug-likeness (QED) is 0.467.